The third-order valence-corrected chi connectivity index (χ3v) is 8.90. The van der Waals surface area contributed by atoms with Crippen molar-refractivity contribution in [3.8, 4) is 0 Å². The molecule has 41 heavy (non-hydrogen) atoms. The van der Waals surface area contributed by atoms with E-state index in [1.807, 2.05) is 27.7 Å². The molecule has 1 saturated heterocycles. The Morgan fingerprint density at radius 3 is 2.32 bits per heavy atom. The summed E-state index contributed by atoms with van der Waals surface area (Å²) in [6.07, 6.45) is 4.16. The van der Waals surface area contributed by atoms with E-state index in [1.165, 1.54) is 6.08 Å². The van der Waals surface area contributed by atoms with Gasteiger partial charge in [0, 0.05) is 13.1 Å². The Hall–Kier alpha value is -2.91. The van der Waals surface area contributed by atoms with Crippen molar-refractivity contribution >= 4 is 29.6 Å². The van der Waals surface area contributed by atoms with E-state index >= 15 is 0 Å². The number of hydrogen-bond acceptors (Lipinski definition) is 6. The number of hydrogen-bond donors (Lipinski definition) is 3. The number of likely N-dealkylation sites (tertiary alicyclic amines) is 1. The van der Waals surface area contributed by atoms with Crippen LogP contribution in [-0.2, 0) is 23.9 Å². The number of fused-ring (bicyclic) bond motifs is 1. The molecule has 10 heteroatoms. The fourth-order valence-corrected chi connectivity index (χ4v) is 6.42. The van der Waals surface area contributed by atoms with Gasteiger partial charge >= 0.3 is 6.09 Å². The van der Waals surface area contributed by atoms with Crippen LogP contribution in [0.2, 0.25) is 0 Å². The third kappa shape index (κ3) is 7.68. The fraction of sp³-hybridized carbons (Fsp3) is 0.774. The molecule has 1 heterocycles. The third-order valence-electron chi connectivity index (χ3n) is 8.90. The highest BCUT2D eigenvalue weighted by atomic mass is 16.6. The Balaban J connectivity index is 0.00000588. The van der Waals surface area contributed by atoms with Gasteiger partial charge in [-0.05, 0) is 54.3 Å². The maximum absolute atomic E-state index is 14.0. The van der Waals surface area contributed by atoms with Crippen molar-refractivity contribution in [3.63, 3.8) is 0 Å². The normalized spacial score (nSPS) is 27.4. The van der Waals surface area contributed by atoms with Gasteiger partial charge in [0.1, 0.15) is 18.2 Å². The van der Waals surface area contributed by atoms with Gasteiger partial charge in [0.15, 0.2) is 0 Å². The van der Waals surface area contributed by atoms with Gasteiger partial charge in [-0.2, -0.15) is 0 Å². The van der Waals surface area contributed by atoms with E-state index in [2.05, 4.69) is 43.3 Å². The molecule has 0 aromatic rings. The lowest BCUT2D eigenvalue weighted by Crippen LogP contribution is -2.60. The second-order valence-corrected chi connectivity index (χ2v) is 13.5. The zero-order valence-electron chi connectivity index (χ0n) is 25.2. The second-order valence-electron chi connectivity index (χ2n) is 13.5. The van der Waals surface area contributed by atoms with Gasteiger partial charge in [-0.25, -0.2) is 4.79 Å². The molecule has 2 aliphatic carbocycles. The molecule has 3 unspecified atom stereocenters. The Morgan fingerprint density at radius 2 is 1.78 bits per heavy atom. The molecular formula is C31H52N4O6. The van der Waals surface area contributed by atoms with Crippen molar-refractivity contribution in [1.82, 2.24) is 20.9 Å². The van der Waals surface area contributed by atoms with Crippen LogP contribution >= 0.6 is 0 Å². The molecule has 0 radical (unpaired) electrons. The largest absolute Gasteiger partial charge is 0.446 e. The smallest absolute Gasteiger partial charge is 0.408 e. The molecule has 3 fully saturated rings. The van der Waals surface area contributed by atoms with Crippen LogP contribution in [0.15, 0.2) is 12.7 Å². The summed E-state index contributed by atoms with van der Waals surface area (Å²) in [5.74, 6) is -1.79. The number of carbonyl (C=O) groups excluding carboxylic acids is 5. The molecule has 232 valence electrons. The number of amides is 4. The second kappa shape index (κ2) is 13.4. The molecule has 3 aliphatic rings. The van der Waals surface area contributed by atoms with Crippen molar-refractivity contribution < 1.29 is 28.7 Å². The van der Waals surface area contributed by atoms with Crippen LogP contribution < -0.4 is 16.0 Å². The minimum absolute atomic E-state index is 0. The molecule has 7 atom stereocenters. The summed E-state index contributed by atoms with van der Waals surface area (Å²) < 4.78 is 5.63. The van der Waals surface area contributed by atoms with Crippen molar-refractivity contribution in [2.45, 2.75) is 112 Å². The van der Waals surface area contributed by atoms with Crippen molar-refractivity contribution in [2.24, 2.45) is 28.6 Å². The van der Waals surface area contributed by atoms with E-state index < -0.39 is 47.2 Å². The number of ether oxygens (including phenoxy) is 1. The molecule has 10 nitrogen and oxygen atoms in total. The van der Waals surface area contributed by atoms with Crippen molar-refractivity contribution in [3.05, 3.63) is 12.7 Å². The summed E-state index contributed by atoms with van der Waals surface area (Å²) in [7, 11) is 0. The average molecular weight is 577 g/mol. The van der Waals surface area contributed by atoms with E-state index in [4.69, 9.17) is 4.74 Å². The Kier molecular flexibility index (Phi) is 11.2. The molecule has 0 aromatic carbocycles. The quantitative estimate of drug-likeness (QED) is 0.254. The van der Waals surface area contributed by atoms with Crippen LogP contribution in [0, 0.1) is 28.6 Å². The van der Waals surface area contributed by atoms with Crippen LogP contribution in [0.3, 0.4) is 0 Å². The lowest BCUT2D eigenvalue weighted by molar-refractivity contribution is -0.145. The van der Waals surface area contributed by atoms with Gasteiger partial charge in [0.2, 0.25) is 17.6 Å². The zero-order valence-corrected chi connectivity index (χ0v) is 25.2. The molecule has 0 aromatic heterocycles. The van der Waals surface area contributed by atoms with Gasteiger partial charge in [-0.1, -0.05) is 68.4 Å². The minimum Gasteiger partial charge on any atom is -0.446 e. The lowest BCUT2D eigenvalue weighted by atomic mass is 9.85. The number of Topliss-reactive ketones (excluding diaryl/α,β-unsaturated/α-hetero) is 1. The van der Waals surface area contributed by atoms with Gasteiger partial charge in [-0.3, -0.25) is 19.2 Å². The van der Waals surface area contributed by atoms with E-state index in [0.717, 1.165) is 19.3 Å². The lowest BCUT2D eigenvalue weighted by Gasteiger charge is -2.37. The van der Waals surface area contributed by atoms with Crippen LogP contribution in [0.25, 0.3) is 0 Å². The average Bonchev–Trinajstić information content (AvgIpc) is 3.21. The number of alkyl carbamates (subject to hydrolysis) is 1. The zero-order chi connectivity index (χ0) is 30.0. The van der Waals surface area contributed by atoms with Crippen LogP contribution in [-0.4, -0.2) is 71.8 Å². The first-order chi connectivity index (χ1) is 18.6. The molecular weight excluding hydrogens is 524 g/mol. The number of nitrogens with one attached hydrogen (secondary N) is 3. The maximum Gasteiger partial charge on any atom is 0.408 e. The molecule has 0 bridgehead atoms. The standard InChI is InChI=1S/C30H48N4O6.CH4/c1-9-11-20(23(35)26(37)31-14-10-2)32-25(36)22-21-19(30(21,7)8)16-34(22)27(38)24(29(4,5)6)33-28(39)40-18-13-12-17(3)15-18;/h10,17-22,24H,2,9,11-16H2,1,3-8H3,(H,31,37)(H,32,36)(H,33,39);1H4/t17-,18?,19-,20?,21?,22-,24+;/m0./s1. The van der Waals surface area contributed by atoms with Gasteiger partial charge in [0.05, 0.1) is 6.04 Å². The molecule has 1 aliphatic heterocycles. The first-order valence-electron chi connectivity index (χ1n) is 14.6. The Labute approximate surface area is 245 Å². The van der Waals surface area contributed by atoms with Gasteiger partial charge in [-0.15, -0.1) is 6.58 Å². The Bertz CT molecular complexity index is 1020. The highest BCUT2D eigenvalue weighted by Crippen LogP contribution is 2.65. The van der Waals surface area contributed by atoms with E-state index in [1.54, 1.807) is 4.90 Å². The van der Waals surface area contributed by atoms with E-state index in [0.29, 0.717) is 25.3 Å². The fourth-order valence-electron chi connectivity index (χ4n) is 6.42. The Morgan fingerprint density at radius 1 is 1.12 bits per heavy atom. The number of rotatable bonds is 11. The first-order valence-corrected chi connectivity index (χ1v) is 14.6. The van der Waals surface area contributed by atoms with Gasteiger partial charge in [0.25, 0.3) is 5.91 Å². The number of piperidine rings is 1. The number of ketones is 1. The topological polar surface area (TPSA) is 134 Å². The van der Waals surface area contributed by atoms with Crippen molar-refractivity contribution in [2.75, 3.05) is 13.1 Å². The highest BCUT2D eigenvalue weighted by Gasteiger charge is 2.70. The SMILES string of the molecule is C.C=CCNC(=O)C(=O)C(CCC)NC(=O)[C@@H]1C2[C@H](CN1C(=O)[C@@H](NC(=O)OC1CC[C@H](C)C1)C(C)(C)C)C2(C)C. The summed E-state index contributed by atoms with van der Waals surface area (Å²) in [6.45, 7) is 17.8. The van der Waals surface area contributed by atoms with Gasteiger partial charge < -0.3 is 25.6 Å². The predicted molar refractivity (Wildman–Crippen MR) is 158 cm³/mol. The van der Waals surface area contributed by atoms with Crippen LogP contribution in [0.5, 0.6) is 0 Å². The molecule has 3 N–H and O–H groups in total. The highest BCUT2D eigenvalue weighted by molar-refractivity contribution is 6.38. The monoisotopic (exact) mass is 576 g/mol. The molecule has 0 spiro atoms. The number of carbonyl (C=O) groups is 5. The minimum atomic E-state index is -1.000. The van der Waals surface area contributed by atoms with E-state index in [-0.39, 0.29) is 43.2 Å². The predicted octanol–water partition coefficient (Wildman–Crippen LogP) is 3.59. The summed E-state index contributed by atoms with van der Waals surface area (Å²) in [5, 5.41) is 8.06. The van der Waals surface area contributed by atoms with E-state index in [9.17, 15) is 24.0 Å². The summed E-state index contributed by atoms with van der Waals surface area (Å²) in [6, 6.07) is -2.72. The number of nitrogens with zero attached hydrogens (tertiary/aromatic N) is 1. The molecule has 4 amide bonds. The van der Waals surface area contributed by atoms with Crippen molar-refractivity contribution in [1.29, 1.82) is 0 Å². The van der Waals surface area contributed by atoms with Crippen LogP contribution in [0.1, 0.15) is 88.0 Å². The first kappa shape index (κ1) is 34.3. The maximum atomic E-state index is 14.0. The summed E-state index contributed by atoms with van der Waals surface area (Å²) in [4.78, 5) is 67.3. The summed E-state index contributed by atoms with van der Waals surface area (Å²) in [5.41, 5.74) is -0.792. The molecule has 2 saturated carbocycles. The molecule has 3 rings (SSSR count). The van der Waals surface area contributed by atoms with Crippen LogP contribution in [0.4, 0.5) is 4.79 Å². The summed E-state index contributed by atoms with van der Waals surface area (Å²) >= 11 is 0.